The molecule has 3 rings (SSSR count). The Kier molecular flexibility index (Phi) is 4.18. The SMILES string of the molecule is CCNC1c2ccccc2CC1Cc1ccc(Br)cn1. The number of aromatic nitrogens is 1. The van der Waals surface area contributed by atoms with E-state index >= 15 is 0 Å². The third-order valence-corrected chi connectivity index (χ3v) is 4.50. The Morgan fingerprint density at radius 1 is 1.25 bits per heavy atom. The summed E-state index contributed by atoms with van der Waals surface area (Å²) < 4.78 is 1.04. The Hall–Kier alpha value is -1.19. The van der Waals surface area contributed by atoms with Crippen LogP contribution in [0.2, 0.25) is 0 Å². The highest BCUT2D eigenvalue weighted by molar-refractivity contribution is 9.10. The van der Waals surface area contributed by atoms with Crippen LogP contribution in [0.15, 0.2) is 47.1 Å². The largest absolute Gasteiger partial charge is 0.310 e. The lowest BCUT2D eigenvalue weighted by Gasteiger charge is -2.21. The van der Waals surface area contributed by atoms with Gasteiger partial charge in [-0.3, -0.25) is 4.98 Å². The van der Waals surface area contributed by atoms with Gasteiger partial charge < -0.3 is 5.32 Å². The van der Waals surface area contributed by atoms with E-state index in [2.05, 4.69) is 69.6 Å². The summed E-state index contributed by atoms with van der Waals surface area (Å²) in [6, 6.07) is 13.5. The summed E-state index contributed by atoms with van der Waals surface area (Å²) in [7, 11) is 0. The molecule has 2 nitrogen and oxygen atoms in total. The zero-order chi connectivity index (χ0) is 13.9. The zero-order valence-electron chi connectivity index (χ0n) is 11.6. The van der Waals surface area contributed by atoms with Crippen molar-refractivity contribution >= 4 is 15.9 Å². The summed E-state index contributed by atoms with van der Waals surface area (Å²) in [5.74, 6) is 0.598. The first-order valence-corrected chi connectivity index (χ1v) is 7.99. The van der Waals surface area contributed by atoms with Crippen molar-refractivity contribution in [3.05, 3.63) is 63.9 Å². The van der Waals surface area contributed by atoms with E-state index in [1.165, 1.54) is 16.8 Å². The summed E-state index contributed by atoms with van der Waals surface area (Å²) >= 11 is 3.44. The topological polar surface area (TPSA) is 24.9 Å². The van der Waals surface area contributed by atoms with Gasteiger partial charge >= 0.3 is 0 Å². The first-order valence-electron chi connectivity index (χ1n) is 7.19. The van der Waals surface area contributed by atoms with E-state index in [9.17, 15) is 0 Å². The normalized spacial score (nSPS) is 20.9. The molecule has 1 N–H and O–H groups in total. The smallest absolute Gasteiger partial charge is 0.0413 e. The number of fused-ring (bicyclic) bond motifs is 1. The second kappa shape index (κ2) is 6.06. The fourth-order valence-corrected chi connectivity index (χ4v) is 3.39. The molecule has 0 spiro atoms. The van der Waals surface area contributed by atoms with Gasteiger partial charge in [0.05, 0.1) is 0 Å². The molecule has 0 saturated carbocycles. The first kappa shape index (κ1) is 13.8. The lowest BCUT2D eigenvalue weighted by molar-refractivity contribution is 0.391. The number of nitrogens with zero attached hydrogens (tertiary/aromatic N) is 1. The van der Waals surface area contributed by atoms with Crippen molar-refractivity contribution in [2.75, 3.05) is 6.54 Å². The fourth-order valence-electron chi connectivity index (χ4n) is 3.16. The molecule has 20 heavy (non-hydrogen) atoms. The van der Waals surface area contributed by atoms with E-state index in [0.717, 1.165) is 23.9 Å². The van der Waals surface area contributed by atoms with Crippen molar-refractivity contribution < 1.29 is 0 Å². The number of hydrogen-bond donors (Lipinski definition) is 1. The lowest BCUT2D eigenvalue weighted by atomic mass is 9.95. The van der Waals surface area contributed by atoms with Gasteiger partial charge in [0.15, 0.2) is 0 Å². The molecular weight excluding hydrogens is 312 g/mol. The molecule has 104 valence electrons. The molecule has 0 aliphatic heterocycles. The van der Waals surface area contributed by atoms with Crippen LogP contribution >= 0.6 is 15.9 Å². The number of halogens is 1. The van der Waals surface area contributed by atoms with Crippen LogP contribution in [0.3, 0.4) is 0 Å². The molecule has 1 aliphatic carbocycles. The van der Waals surface area contributed by atoms with Crippen molar-refractivity contribution in [3.63, 3.8) is 0 Å². The van der Waals surface area contributed by atoms with Gasteiger partial charge in [0.1, 0.15) is 0 Å². The average Bonchev–Trinajstić information content (AvgIpc) is 2.80. The van der Waals surface area contributed by atoms with E-state index in [1.54, 1.807) is 0 Å². The Labute approximate surface area is 128 Å². The third-order valence-electron chi connectivity index (χ3n) is 4.03. The number of nitrogens with one attached hydrogen (secondary N) is 1. The summed E-state index contributed by atoms with van der Waals surface area (Å²) in [6.07, 6.45) is 4.06. The van der Waals surface area contributed by atoms with Crippen LogP contribution < -0.4 is 5.32 Å². The average molecular weight is 331 g/mol. The molecule has 1 aromatic heterocycles. The highest BCUT2D eigenvalue weighted by atomic mass is 79.9. The Morgan fingerprint density at radius 2 is 2.10 bits per heavy atom. The molecule has 2 aromatic rings. The molecule has 1 heterocycles. The van der Waals surface area contributed by atoms with Crippen molar-refractivity contribution in [1.29, 1.82) is 0 Å². The first-order chi connectivity index (χ1) is 9.78. The van der Waals surface area contributed by atoms with Gasteiger partial charge in [0.2, 0.25) is 0 Å². The molecule has 1 aliphatic rings. The van der Waals surface area contributed by atoms with Crippen LogP contribution in [-0.4, -0.2) is 11.5 Å². The Bertz CT molecular complexity index is 580. The number of hydrogen-bond acceptors (Lipinski definition) is 2. The minimum Gasteiger partial charge on any atom is -0.310 e. The van der Waals surface area contributed by atoms with Crippen LogP contribution in [0.5, 0.6) is 0 Å². The van der Waals surface area contributed by atoms with Gasteiger partial charge in [0.25, 0.3) is 0 Å². The van der Waals surface area contributed by atoms with Gasteiger partial charge in [-0.05, 0) is 64.5 Å². The van der Waals surface area contributed by atoms with E-state index in [0.29, 0.717) is 12.0 Å². The molecule has 3 heteroatoms. The summed E-state index contributed by atoms with van der Waals surface area (Å²) in [4.78, 5) is 4.52. The van der Waals surface area contributed by atoms with Crippen LogP contribution in [0.25, 0.3) is 0 Å². The van der Waals surface area contributed by atoms with Gasteiger partial charge in [0, 0.05) is 22.4 Å². The summed E-state index contributed by atoms with van der Waals surface area (Å²) in [5.41, 5.74) is 4.13. The molecule has 0 saturated heterocycles. The molecule has 0 fully saturated rings. The van der Waals surface area contributed by atoms with Gasteiger partial charge in [-0.2, -0.15) is 0 Å². The van der Waals surface area contributed by atoms with Crippen molar-refractivity contribution in [2.24, 2.45) is 5.92 Å². The maximum atomic E-state index is 4.52. The Balaban J connectivity index is 1.81. The molecule has 0 bridgehead atoms. The highest BCUT2D eigenvalue weighted by Gasteiger charge is 2.31. The second-order valence-corrected chi connectivity index (χ2v) is 6.29. The predicted octanol–water partition coefficient (Wildman–Crippen LogP) is 3.91. The monoisotopic (exact) mass is 330 g/mol. The summed E-state index contributed by atoms with van der Waals surface area (Å²) in [6.45, 7) is 3.18. The minimum atomic E-state index is 0.460. The quantitative estimate of drug-likeness (QED) is 0.919. The minimum absolute atomic E-state index is 0.460. The van der Waals surface area contributed by atoms with E-state index in [4.69, 9.17) is 0 Å². The van der Waals surface area contributed by atoms with Crippen LogP contribution in [0, 0.1) is 5.92 Å². The van der Waals surface area contributed by atoms with Gasteiger partial charge in [-0.1, -0.05) is 31.2 Å². The third kappa shape index (κ3) is 2.79. The molecule has 0 amide bonds. The van der Waals surface area contributed by atoms with E-state index in [1.807, 2.05) is 6.20 Å². The van der Waals surface area contributed by atoms with E-state index in [-0.39, 0.29) is 0 Å². The predicted molar refractivity (Wildman–Crippen MR) is 85.7 cm³/mol. The van der Waals surface area contributed by atoms with Crippen LogP contribution in [0.1, 0.15) is 29.8 Å². The number of rotatable bonds is 4. The summed E-state index contributed by atoms with van der Waals surface area (Å²) in [5, 5.41) is 3.65. The molecule has 0 radical (unpaired) electrons. The molecule has 1 aromatic carbocycles. The van der Waals surface area contributed by atoms with Crippen molar-refractivity contribution in [2.45, 2.75) is 25.8 Å². The zero-order valence-corrected chi connectivity index (χ0v) is 13.2. The maximum absolute atomic E-state index is 4.52. The van der Waals surface area contributed by atoms with Gasteiger partial charge in [-0.25, -0.2) is 0 Å². The number of benzene rings is 1. The molecule has 2 atom stereocenters. The van der Waals surface area contributed by atoms with Crippen molar-refractivity contribution in [3.8, 4) is 0 Å². The lowest BCUT2D eigenvalue weighted by Crippen LogP contribution is -2.26. The van der Waals surface area contributed by atoms with Gasteiger partial charge in [-0.15, -0.1) is 0 Å². The molecular formula is C17H19BrN2. The standard InChI is InChI=1S/C17H19BrN2/c1-2-19-17-13(9-12-5-3-4-6-16(12)17)10-15-8-7-14(18)11-20-15/h3-8,11,13,17,19H,2,9-10H2,1H3. The fraction of sp³-hybridized carbons (Fsp3) is 0.353. The second-order valence-electron chi connectivity index (χ2n) is 5.37. The maximum Gasteiger partial charge on any atom is 0.0413 e. The highest BCUT2D eigenvalue weighted by Crippen LogP contribution is 2.37. The number of pyridine rings is 1. The van der Waals surface area contributed by atoms with Crippen LogP contribution in [-0.2, 0) is 12.8 Å². The van der Waals surface area contributed by atoms with E-state index < -0.39 is 0 Å². The Morgan fingerprint density at radius 3 is 2.85 bits per heavy atom. The molecule has 2 unspecified atom stereocenters. The van der Waals surface area contributed by atoms with Crippen molar-refractivity contribution in [1.82, 2.24) is 10.3 Å². The van der Waals surface area contributed by atoms with Crippen LogP contribution in [0.4, 0.5) is 0 Å².